The van der Waals surface area contributed by atoms with Gasteiger partial charge in [0.05, 0.1) is 0 Å². The zero-order valence-electron chi connectivity index (χ0n) is 11.6. The third-order valence-corrected chi connectivity index (χ3v) is 4.78. The summed E-state index contributed by atoms with van der Waals surface area (Å²) in [5.74, 6) is 1.02. The van der Waals surface area contributed by atoms with Gasteiger partial charge in [0.25, 0.3) is 5.91 Å². The van der Waals surface area contributed by atoms with Crippen LogP contribution in [0.4, 0.5) is 10.9 Å². The maximum absolute atomic E-state index is 12.0. The summed E-state index contributed by atoms with van der Waals surface area (Å²) in [5, 5.41) is 3.71. The number of nitrogens with zero attached hydrogens (tertiary/aromatic N) is 2. The van der Waals surface area contributed by atoms with E-state index in [9.17, 15) is 4.79 Å². The third kappa shape index (κ3) is 3.59. The molecule has 0 bridgehead atoms. The number of thiazole rings is 1. The number of rotatable bonds is 5. The number of nitrogens with one attached hydrogen (secondary N) is 1. The van der Waals surface area contributed by atoms with Crippen molar-refractivity contribution in [2.24, 2.45) is 5.92 Å². The van der Waals surface area contributed by atoms with Gasteiger partial charge in [0.2, 0.25) is 0 Å². The van der Waals surface area contributed by atoms with Crippen molar-refractivity contribution in [2.75, 3.05) is 31.3 Å². The molecule has 1 fully saturated rings. The van der Waals surface area contributed by atoms with E-state index in [0.29, 0.717) is 10.7 Å². The summed E-state index contributed by atoms with van der Waals surface area (Å²) in [6.45, 7) is 0.734. The van der Waals surface area contributed by atoms with Crippen LogP contribution in [0.25, 0.3) is 0 Å². The van der Waals surface area contributed by atoms with Crippen molar-refractivity contribution in [3.63, 3.8) is 0 Å². The Morgan fingerprint density at radius 3 is 2.74 bits per heavy atom. The van der Waals surface area contributed by atoms with Crippen LogP contribution in [0.5, 0.6) is 0 Å². The molecule has 1 aliphatic rings. The molecule has 5 nitrogen and oxygen atoms in total. The van der Waals surface area contributed by atoms with E-state index in [0.717, 1.165) is 24.0 Å². The normalized spacial score (nSPS) is 15.7. The van der Waals surface area contributed by atoms with E-state index in [1.807, 2.05) is 19.0 Å². The summed E-state index contributed by atoms with van der Waals surface area (Å²) in [6, 6.07) is 0. The fraction of sp³-hybridized carbons (Fsp3) is 0.692. The first kappa shape index (κ1) is 14.1. The van der Waals surface area contributed by atoms with Gasteiger partial charge >= 0.3 is 0 Å². The molecule has 106 valence electrons. The molecule has 0 spiro atoms. The van der Waals surface area contributed by atoms with Crippen molar-refractivity contribution in [1.82, 2.24) is 10.3 Å². The summed E-state index contributed by atoms with van der Waals surface area (Å²) in [7, 11) is 3.78. The Bertz CT molecular complexity index is 438. The molecule has 0 aliphatic heterocycles. The van der Waals surface area contributed by atoms with Crippen LogP contribution in [0.2, 0.25) is 0 Å². The van der Waals surface area contributed by atoms with E-state index in [4.69, 9.17) is 5.73 Å². The van der Waals surface area contributed by atoms with E-state index in [1.165, 1.54) is 37.0 Å². The Morgan fingerprint density at radius 2 is 2.16 bits per heavy atom. The van der Waals surface area contributed by atoms with E-state index in [2.05, 4.69) is 10.3 Å². The Balaban J connectivity index is 1.85. The molecule has 1 saturated carbocycles. The minimum atomic E-state index is -0.0962. The number of amides is 1. The van der Waals surface area contributed by atoms with Crippen LogP contribution in [0.15, 0.2) is 0 Å². The smallest absolute Gasteiger partial charge is 0.265 e. The van der Waals surface area contributed by atoms with Crippen LogP contribution in [0, 0.1) is 5.92 Å². The maximum Gasteiger partial charge on any atom is 0.265 e. The van der Waals surface area contributed by atoms with Gasteiger partial charge in [-0.15, -0.1) is 0 Å². The molecule has 0 atom stereocenters. The molecule has 0 unspecified atom stereocenters. The molecule has 6 heteroatoms. The van der Waals surface area contributed by atoms with E-state index in [1.54, 1.807) is 0 Å². The Labute approximate surface area is 118 Å². The average Bonchev–Trinajstić information content (AvgIpc) is 2.98. The van der Waals surface area contributed by atoms with Gasteiger partial charge in [-0.25, -0.2) is 4.98 Å². The third-order valence-electron chi connectivity index (χ3n) is 3.54. The lowest BCUT2D eigenvalue weighted by Gasteiger charge is -2.09. The van der Waals surface area contributed by atoms with E-state index < -0.39 is 0 Å². The van der Waals surface area contributed by atoms with Crippen molar-refractivity contribution < 1.29 is 4.79 Å². The highest BCUT2D eigenvalue weighted by Crippen LogP contribution is 2.28. The summed E-state index contributed by atoms with van der Waals surface area (Å²) in [5.41, 5.74) is 5.79. The number of nitrogen functional groups attached to an aromatic ring is 1. The molecule has 1 amide bonds. The maximum atomic E-state index is 12.0. The van der Waals surface area contributed by atoms with Crippen LogP contribution in [0.1, 0.15) is 41.8 Å². The fourth-order valence-electron chi connectivity index (χ4n) is 2.44. The zero-order chi connectivity index (χ0) is 13.8. The largest absolute Gasteiger partial charge is 0.382 e. The van der Waals surface area contributed by atoms with Gasteiger partial charge in [0, 0.05) is 20.6 Å². The van der Waals surface area contributed by atoms with Crippen molar-refractivity contribution >= 4 is 28.2 Å². The van der Waals surface area contributed by atoms with Crippen LogP contribution in [-0.2, 0) is 0 Å². The average molecular weight is 282 g/mol. The number of carbonyl (C=O) groups is 1. The molecule has 0 aromatic carbocycles. The molecule has 1 aliphatic carbocycles. The summed E-state index contributed by atoms with van der Waals surface area (Å²) >= 11 is 1.34. The lowest BCUT2D eigenvalue weighted by Crippen LogP contribution is -2.25. The van der Waals surface area contributed by atoms with Gasteiger partial charge in [-0.3, -0.25) is 4.79 Å². The molecule has 1 heterocycles. The minimum absolute atomic E-state index is 0.0962. The summed E-state index contributed by atoms with van der Waals surface area (Å²) < 4.78 is 0. The number of hydrogen-bond donors (Lipinski definition) is 2. The molecule has 1 aromatic heterocycles. The van der Waals surface area contributed by atoms with Crippen molar-refractivity contribution in [1.29, 1.82) is 0 Å². The van der Waals surface area contributed by atoms with E-state index >= 15 is 0 Å². The Hall–Kier alpha value is -1.30. The van der Waals surface area contributed by atoms with Gasteiger partial charge < -0.3 is 16.0 Å². The first-order chi connectivity index (χ1) is 9.08. The predicted molar refractivity (Wildman–Crippen MR) is 79.8 cm³/mol. The molecule has 0 saturated heterocycles. The number of hydrogen-bond acceptors (Lipinski definition) is 5. The molecule has 3 N–H and O–H groups in total. The molecule has 0 radical (unpaired) electrons. The van der Waals surface area contributed by atoms with Crippen LogP contribution in [0.3, 0.4) is 0 Å². The highest BCUT2D eigenvalue weighted by molar-refractivity contribution is 7.18. The second-order valence-electron chi connectivity index (χ2n) is 5.30. The van der Waals surface area contributed by atoms with Gasteiger partial charge in [-0.1, -0.05) is 37.0 Å². The fourth-order valence-corrected chi connectivity index (χ4v) is 3.27. The topological polar surface area (TPSA) is 71.2 Å². The van der Waals surface area contributed by atoms with Crippen LogP contribution in [-0.4, -0.2) is 31.5 Å². The Morgan fingerprint density at radius 1 is 1.47 bits per heavy atom. The summed E-state index contributed by atoms with van der Waals surface area (Å²) in [6.07, 6.45) is 6.37. The minimum Gasteiger partial charge on any atom is -0.382 e. The monoisotopic (exact) mass is 282 g/mol. The summed E-state index contributed by atoms with van der Waals surface area (Å²) in [4.78, 5) is 18.6. The lowest BCUT2D eigenvalue weighted by atomic mass is 10.0. The van der Waals surface area contributed by atoms with E-state index in [-0.39, 0.29) is 5.91 Å². The number of nitrogens with two attached hydrogens (primary N) is 1. The quantitative estimate of drug-likeness (QED) is 0.867. The molecular weight excluding hydrogens is 260 g/mol. The highest BCUT2D eigenvalue weighted by atomic mass is 32.1. The first-order valence-electron chi connectivity index (χ1n) is 6.79. The standard InChI is InChI=1S/C13H22N4OS/c1-17(2)13-16-11(14)10(19-13)12(18)15-8-7-9-5-3-4-6-9/h9H,3-8,14H2,1-2H3,(H,15,18). The van der Waals surface area contributed by atoms with Gasteiger partial charge in [0.15, 0.2) is 5.13 Å². The van der Waals surface area contributed by atoms with Crippen LogP contribution >= 0.6 is 11.3 Å². The predicted octanol–water partition coefficient (Wildman–Crippen LogP) is 2.10. The van der Waals surface area contributed by atoms with Gasteiger partial charge in [-0.05, 0) is 12.3 Å². The van der Waals surface area contributed by atoms with Gasteiger partial charge in [-0.2, -0.15) is 0 Å². The molecule has 19 heavy (non-hydrogen) atoms. The highest BCUT2D eigenvalue weighted by Gasteiger charge is 2.18. The first-order valence-corrected chi connectivity index (χ1v) is 7.61. The second kappa shape index (κ2) is 6.23. The molecule has 1 aromatic rings. The molecule has 2 rings (SSSR count). The lowest BCUT2D eigenvalue weighted by molar-refractivity contribution is 0.0956. The SMILES string of the molecule is CN(C)c1nc(N)c(C(=O)NCCC2CCCC2)s1. The number of aromatic nitrogens is 1. The van der Waals surface area contributed by atoms with Gasteiger partial charge in [0.1, 0.15) is 10.7 Å². The Kier molecular flexibility index (Phi) is 4.63. The molecular formula is C13H22N4OS. The number of carbonyl (C=O) groups excluding carboxylic acids is 1. The zero-order valence-corrected chi connectivity index (χ0v) is 12.4. The van der Waals surface area contributed by atoms with Crippen molar-refractivity contribution in [2.45, 2.75) is 32.1 Å². The van der Waals surface area contributed by atoms with Crippen LogP contribution < -0.4 is 16.0 Å². The van der Waals surface area contributed by atoms with Crippen molar-refractivity contribution in [3.05, 3.63) is 4.88 Å². The second-order valence-corrected chi connectivity index (χ2v) is 6.28. The number of anilines is 2. The van der Waals surface area contributed by atoms with Crippen molar-refractivity contribution in [3.8, 4) is 0 Å².